The summed E-state index contributed by atoms with van der Waals surface area (Å²) in [6, 6.07) is 2.09. The lowest BCUT2D eigenvalue weighted by Gasteiger charge is -2.34. The van der Waals surface area contributed by atoms with E-state index in [9.17, 15) is 4.79 Å². The molecular formula is C16H22N6OS. The van der Waals surface area contributed by atoms with Gasteiger partial charge in [-0.25, -0.2) is 4.98 Å². The Bertz CT molecular complexity index is 759. The highest BCUT2D eigenvalue weighted by Gasteiger charge is 2.23. The number of hydrogen-bond acceptors (Lipinski definition) is 7. The minimum absolute atomic E-state index is 0.162. The van der Waals surface area contributed by atoms with Gasteiger partial charge in [0, 0.05) is 19.1 Å². The lowest BCUT2D eigenvalue weighted by atomic mass is 10.0. The van der Waals surface area contributed by atoms with Gasteiger partial charge in [-0.1, -0.05) is 0 Å². The van der Waals surface area contributed by atoms with Crippen molar-refractivity contribution in [1.82, 2.24) is 9.36 Å². The number of hydrogen-bond donors (Lipinski definition) is 3. The molecular weight excluding hydrogens is 324 g/mol. The summed E-state index contributed by atoms with van der Waals surface area (Å²) in [6.07, 6.45) is 3.80. The molecule has 0 spiro atoms. The van der Waals surface area contributed by atoms with Crippen molar-refractivity contribution in [2.75, 3.05) is 23.3 Å². The molecule has 7 nitrogen and oxygen atoms in total. The van der Waals surface area contributed by atoms with E-state index in [4.69, 9.17) is 11.5 Å². The molecule has 0 aromatic carbocycles. The summed E-state index contributed by atoms with van der Waals surface area (Å²) < 4.78 is 4.25. The van der Waals surface area contributed by atoms with Crippen LogP contribution in [0.1, 0.15) is 34.6 Å². The Morgan fingerprint density at radius 3 is 2.88 bits per heavy atom. The second kappa shape index (κ2) is 6.74. The van der Waals surface area contributed by atoms with E-state index in [-0.39, 0.29) is 11.7 Å². The molecule has 1 amide bonds. The van der Waals surface area contributed by atoms with E-state index in [1.54, 1.807) is 6.20 Å². The highest BCUT2D eigenvalue weighted by atomic mass is 32.1. The van der Waals surface area contributed by atoms with Crippen LogP contribution in [0.2, 0.25) is 0 Å². The second-order valence-electron chi connectivity index (χ2n) is 6.16. The first-order chi connectivity index (χ1) is 11.5. The van der Waals surface area contributed by atoms with Crippen molar-refractivity contribution in [3.8, 4) is 0 Å². The molecule has 1 saturated heterocycles. The van der Waals surface area contributed by atoms with E-state index in [2.05, 4.69) is 19.6 Å². The van der Waals surface area contributed by atoms with Gasteiger partial charge in [0.05, 0.1) is 23.3 Å². The molecule has 0 unspecified atom stereocenters. The fourth-order valence-corrected chi connectivity index (χ4v) is 3.69. The molecule has 5 N–H and O–H groups in total. The number of pyridine rings is 1. The largest absolute Gasteiger partial charge is 0.368 e. The molecule has 1 atom stereocenters. The second-order valence-corrected chi connectivity index (χ2v) is 6.97. The number of nitrogens with two attached hydrogens (primary N) is 2. The predicted octanol–water partition coefficient (Wildman–Crippen LogP) is 1.92. The van der Waals surface area contributed by atoms with Crippen molar-refractivity contribution < 1.29 is 4.79 Å². The summed E-state index contributed by atoms with van der Waals surface area (Å²) in [5.41, 5.74) is 15.3. The molecule has 0 radical (unpaired) electrons. The van der Waals surface area contributed by atoms with Gasteiger partial charge in [-0.2, -0.15) is 4.37 Å². The van der Waals surface area contributed by atoms with E-state index < -0.39 is 5.91 Å². The SMILES string of the molecule is Cc1cc(Nc2c(C(N)=O)ncc(N3CCC[C@@H](N)C3)c2C)sn1. The number of carbonyl (C=O) groups excluding carboxylic acids is 1. The van der Waals surface area contributed by atoms with Crippen LogP contribution in [0.15, 0.2) is 12.3 Å². The van der Waals surface area contributed by atoms with Gasteiger partial charge in [0.1, 0.15) is 5.00 Å². The number of aryl methyl sites for hydroxylation is 1. The molecule has 1 aliphatic rings. The minimum atomic E-state index is -0.552. The summed E-state index contributed by atoms with van der Waals surface area (Å²) in [6.45, 7) is 5.62. The molecule has 1 fully saturated rings. The molecule has 0 saturated carbocycles. The zero-order valence-electron chi connectivity index (χ0n) is 13.9. The number of primary amides is 1. The van der Waals surface area contributed by atoms with E-state index in [1.165, 1.54) is 11.5 Å². The zero-order valence-corrected chi connectivity index (χ0v) is 14.7. The standard InChI is InChI=1S/C16H22N6OS/c1-9-6-13(24-21-9)20-14-10(2)12(7-19-15(14)16(18)23)22-5-3-4-11(17)8-22/h6-7,11,20H,3-5,8,17H2,1-2H3,(H2,18,23)/t11-/m1/s1. The number of piperidine rings is 1. The number of amides is 1. The monoisotopic (exact) mass is 346 g/mol. The zero-order chi connectivity index (χ0) is 17.3. The van der Waals surface area contributed by atoms with Crippen LogP contribution in [0.3, 0.4) is 0 Å². The normalized spacial score (nSPS) is 17.8. The Kier molecular flexibility index (Phi) is 4.68. The molecule has 3 heterocycles. The minimum Gasteiger partial charge on any atom is -0.368 e. The lowest BCUT2D eigenvalue weighted by molar-refractivity contribution is 0.0996. The molecule has 2 aromatic heterocycles. The van der Waals surface area contributed by atoms with Crippen molar-refractivity contribution in [3.63, 3.8) is 0 Å². The van der Waals surface area contributed by atoms with Crippen LogP contribution in [0, 0.1) is 13.8 Å². The summed E-state index contributed by atoms with van der Waals surface area (Å²) in [5.74, 6) is -0.552. The number of nitrogens with zero attached hydrogens (tertiary/aromatic N) is 3. The number of aromatic nitrogens is 2. The van der Waals surface area contributed by atoms with Crippen molar-refractivity contribution in [2.45, 2.75) is 32.7 Å². The van der Waals surface area contributed by atoms with Crippen LogP contribution in [0.4, 0.5) is 16.4 Å². The van der Waals surface area contributed by atoms with Gasteiger partial charge in [0.15, 0.2) is 5.69 Å². The molecule has 0 aliphatic carbocycles. The third-order valence-electron chi connectivity index (χ3n) is 4.22. The van der Waals surface area contributed by atoms with E-state index in [0.29, 0.717) is 5.69 Å². The predicted molar refractivity (Wildman–Crippen MR) is 97.0 cm³/mol. The topological polar surface area (TPSA) is 110 Å². The quantitative estimate of drug-likeness (QED) is 0.780. The van der Waals surface area contributed by atoms with Crippen LogP contribution in [-0.2, 0) is 0 Å². The number of carbonyl (C=O) groups is 1. The lowest BCUT2D eigenvalue weighted by Crippen LogP contribution is -2.43. The Balaban J connectivity index is 2.00. The van der Waals surface area contributed by atoms with E-state index in [1.807, 2.05) is 19.9 Å². The number of rotatable bonds is 4. The molecule has 128 valence electrons. The molecule has 3 rings (SSSR count). The van der Waals surface area contributed by atoms with Crippen molar-refractivity contribution >= 4 is 33.8 Å². The van der Waals surface area contributed by atoms with Crippen LogP contribution in [0.5, 0.6) is 0 Å². The van der Waals surface area contributed by atoms with Crippen LogP contribution >= 0.6 is 11.5 Å². The van der Waals surface area contributed by atoms with Crippen LogP contribution in [0.25, 0.3) is 0 Å². The molecule has 24 heavy (non-hydrogen) atoms. The highest BCUT2D eigenvalue weighted by molar-refractivity contribution is 7.10. The highest BCUT2D eigenvalue weighted by Crippen LogP contribution is 2.33. The van der Waals surface area contributed by atoms with Gasteiger partial charge in [0.2, 0.25) is 0 Å². The first-order valence-electron chi connectivity index (χ1n) is 7.96. The third kappa shape index (κ3) is 3.34. The maximum atomic E-state index is 11.8. The molecule has 0 bridgehead atoms. The molecule has 8 heteroatoms. The third-order valence-corrected chi connectivity index (χ3v) is 5.02. The summed E-state index contributed by atoms with van der Waals surface area (Å²) >= 11 is 1.34. The maximum Gasteiger partial charge on any atom is 0.269 e. The first kappa shape index (κ1) is 16.7. The average Bonchev–Trinajstić information content (AvgIpc) is 2.94. The Labute approximate surface area is 145 Å². The van der Waals surface area contributed by atoms with Crippen molar-refractivity contribution in [1.29, 1.82) is 0 Å². The van der Waals surface area contributed by atoms with Gasteiger partial charge in [-0.3, -0.25) is 4.79 Å². The summed E-state index contributed by atoms with van der Waals surface area (Å²) in [5, 5.41) is 4.12. The fraction of sp³-hybridized carbons (Fsp3) is 0.438. The Hall–Kier alpha value is -2.19. The average molecular weight is 346 g/mol. The van der Waals surface area contributed by atoms with Gasteiger partial charge >= 0.3 is 0 Å². The van der Waals surface area contributed by atoms with Crippen LogP contribution < -0.4 is 21.7 Å². The smallest absolute Gasteiger partial charge is 0.269 e. The Morgan fingerprint density at radius 1 is 1.46 bits per heavy atom. The van der Waals surface area contributed by atoms with Gasteiger partial charge < -0.3 is 21.7 Å². The van der Waals surface area contributed by atoms with Crippen molar-refractivity contribution in [2.24, 2.45) is 11.5 Å². The van der Waals surface area contributed by atoms with E-state index in [0.717, 1.165) is 47.9 Å². The van der Waals surface area contributed by atoms with Gasteiger partial charge in [0.25, 0.3) is 5.91 Å². The molecule has 1 aliphatic heterocycles. The van der Waals surface area contributed by atoms with Crippen molar-refractivity contribution in [3.05, 3.63) is 29.2 Å². The molecule has 2 aromatic rings. The Morgan fingerprint density at radius 2 is 2.25 bits per heavy atom. The van der Waals surface area contributed by atoms with Crippen LogP contribution in [-0.4, -0.2) is 34.4 Å². The first-order valence-corrected chi connectivity index (χ1v) is 8.73. The fourth-order valence-electron chi connectivity index (χ4n) is 3.03. The number of nitrogens with one attached hydrogen (secondary N) is 1. The summed E-state index contributed by atoms with van der Waals surface area (Å²) in [4.78, 5) is 18.3. The summed E-state index contributed by atoms with van der Waals surface area (Å²) in [7, 11) is 0. The maximum absolute atomic E-state index is 11.8. The van der Waals surface area contributed by atoms with E-state index >= 15 is 0 Å². The van der Waals surface area contributed by atoms with Gasteiger partial charge in [-0.05, 0) is 49.9 Å². The number of anilines is 3. The van der Waals surface area contributed by atoms with Gasteiger partial charge in [-0.15, -0.1) is 0 Å².